The van der Waals surface area contributed by atoms with Gasteiger partial charge in [0.1, 0.15) is 5.82 Å². The summed E-state index contributed by atoms with van der Waals surface area (Å²) in [4.78, 5) is 35.8. The maximum absolute atomic E-state index is 14.0. The number of anilines is 1. The van der Waals surface area contributed by atoms with E-state index in [-0.39, 0.29) is 16.3 Å². The molecule has 5 N–H and O–H groups in total. The predicted molar refractivity (Wildman–Crippen MR) is 117 cm³/mol. The van der Waals surface area contributed by atoms with Crippen LogP contribution in [0.25, 0.3) is 11.1 Å². The Kier molecular flexibility index (Phi) is 6.99. The maximum atomic E-state index is 14.0. The van der Waals surface area contributed by atoms with E-state index in [1.165, 1.54) is 24.3 Å². The second-order valence-corrected chi connectivity index (χ2v) is 7.59. The molecule has 0 heterocycles. The van der Waals surface area contributed by atoms with Crippen molar-refractivity contribution in [2.24, 2.45) is 0 Å². The van der Waals surface area contributed by atoms with Gasteiger partial charge in [0.15, 0.2) is 6.29 Å². The molecule has 0 saturated carbocycles. The third kappa shape index (κ3) is 5.12. The van der Waals surface area contributed by atoms with E-state index in [1.54, 1.807) is 12.1 Å². The zero-order chi connectivity index (χ0) is 24.4. The summed E-state index contributed by atoms with van der Waals surface area (Å²) in [6.07, 6.45) is -2.30. The first kappa shape index (κ1) is 24.1. The minimum Gasteiger partial charge on any atom is -0.478 e. The Morgan fingerprint density at radius 3 is 2.09 bits per heavy atom. The third-order valence-corrected chi connectivity index (χ3v) is 5.18. The molecule has 1 amide bonds. The van der Waals surface area contributed by atoms with E-state index in [0.29, 0.717) is 28.3 Å². The van der Waals surface area contributed by atoms with Crippen LogP contribution in [0, 0.1) is 5.82 Å². The number of benzene rings is 3. The Balaban J connectivity index is 2.10. The second kappa shape index (κ2) is 9.55. The topological polar surface area (TPSA) is 144 Å². The molecule has 8 nitrogen and oxygen atoms in total. The number of halogens is 3. The third-order valence-electron chi connectivity index (χ3n) is 4.63. The van der Waals surface area contributed by atoms with E-state index < -0.39 is 46.6 Å². The quantitative estimate of drug-likeness (QED) is 0.319. The molecule has 0 spiro atoms. The van der Waals surface area contributed by atoms with Crippen LogP contribution in [0.3, 0.4) is 0 Å². The number of carbonyl (C=O) groups is 3. The highest BCUT2D eigenvalue weighted by molar-refractivity contribution is 6.36. The summed E-state index contributed by atoms with van der Waals surface area (Å²) < 4.78 is 14.0. The number of hydrogen-bond donors (Lipinski definition) is 5. The summed E-state index contributed by atoms with van der Waals surface area (Å²) in [5, 5.41) is 40.6. The van der Waals surface area contributed by atoms with Crippen LogP contribution in [0.4, 0.5) is 10.1 Å². The Labute approximate surface area is 195 Å². The lowest BCUT2D eigenvalue weighted by Gasteiger charge is -2.15. The molecule has 0 bridgehead atoms. The van der Waals surface area contributed by atoms with Crippen molar-refractivity contribution in [1.82, 2.24) is 0 Å². The summed E-state index contributed by atoms with van der Waals surface area (Å²) in [6, 6.07) is 9.74. The fourth-order valence-corrected chi connectivity index (χ4v) is 3.60. The van der Waals surface area contributed by atoms with Gasteiger partial charge in [-0.05, 0) is 42.0 Å². The van der Waals surface area contributed by atoms with Crippen molar-refractivity contribution < 1.29 is 39.2 Å². The first-order valence-electron chi connectivity index (χ1n) is 9.06. The molecule has 0 aliphatic rings. The fourth-order valence-electron chi connectivity index (χ4n) is 3.08. The molecule has 3 aromatic rings. The van der Waals surface area contributed by atoms with Gasteiger partial charge in [-0.1, -0.05) is 35.3 Å². The highest BCUT2D eigenvalue weighted by atomic mass is 35.5. The van der Waals surface area contributed by atoms with Crippen LogP contribution < -0.4 is 5.32 Å². The van der Waals surface area contributed by atoms with Crippen molar-refractivity contribution in [3.63, 3.8) is 0 Å². The normalized spacial score (nSPS) is 10.8. The van der Waals surface area contributed by atoms with Gasteiger partial charge in [0, 0.05) is 26.7 Å². The summed E-state index contributed by atoms with van der Waals surface area (Å²) >= 11 is 12.1. The molecule has 0 aromatic heterocycles. The average molecular weight is 494 g/mol. The van der Waals surface area contributed by atoms with E-state index in [0.717, 1.165) is 0 Å². The van der Waals surface area contributed by atoms with Crippen LogP contribution in [0.2, 0.25) is 10.0 Å². The number of hydrogen-bond acceptors (Lipinski definition) is 5. The number of amides is 1. The SMILES string of the molecule is O=C(O)c1cc(C(=O)Nc2cc(-c3ccc(Cl)cc3Cl)ccc2C(=O)O)c(C(O)O)cc1F. The highest BCUT2D eigenvalue weighted by Gasteiger charge is 2.24. The van der Waals surface area contributed by atoms with Crippen molar-refractivity contribution in [3.8, 4) is 11.1 Å². The molecule has 3 rings (SSSR count). The molecule has 0 unspecified atom stereocenters. The number of carboxylic acids is 2. The predicted octanol–water partition coefficient (Wildman–Crippen LogP) is 4.43. The second-order valence-electron chi connectivity index (χ2n) is 6.74. The molecule has 3 aromatic carbocycles. The molecule has 0 aliphatic heterocycles. The van der Waals surface area contributed by atoms with Crippen molar-refractivity contribution in [3.05, 3.63) is 86.6 Å². The van der Waals surface area contributed by atoms with Crippen molar-refractivity contribution >= 4 is 46.7 Å². The van der Waals surface area contributed by atoms with E-state index in [2.05, 4.69) is 5.32 Å². The number of rotatable bonds is 6. The Morgan fingerprint density at radius 2 is 1.52 bits per heavy atom. The van der Waals surface area contributed by atoms with Gasteiger partial charge >= 0.3 is 11.9 Å². The van der Waals surface area contributed by atoms with E-state index >= 15 is 0 Å². The number of aromatic carboxylic acids is 2. The lowest BCUT2D eigenvalue weighted by atomic mass is 10.00. The first-order valence-corrected chi connectivity index (χ1v) is 9.82. The van der Waals surface area contributed by atoms with Gasteiger partial charge < -0.3 is 25.7 Å². The first-order chi connectivity index (χ1) is 15.5. The van der Waals surface area contributed by atoms with E-state index in [4.69, 9.17) is 28.3 Å². The molecule has 0 saturated heterocycles. The van der Waals surface area contributed by atoms with Crippen LogP contribution in [-0.4, -0.2) is 38.3 Å². The Hall–Kier alpha value is -3.50. The average Bonchev–Trinajstić information content (AvgIpc) is 2.72. The summed E-state index contributed by atoms with van der Waals surface area (Å²) in [5.74, 6) is -5.45. The van der Waals surface area contributed by atoms with Crippen LogP contribution >= 0.6 is 23.2 Å². The molecule has 170 valence electrons. The fraction of sp³-hybridized carbons (Fsp3) is 0.0455. The van der Waals surface area contributed by atoms with E-state index in [9.17, 15) is 34.1 Å². The van der Waals surface area contributed by atoms with Gasteiger partial charge in [-0.25, -0.2) is 14.0 Å². The zero-order valence-corrected chi connectivity index (χ0v) is 17.9. The van der Waals surface area contributed by atoms with Crippen LogP contribution in [-0.2, 0) is 0 Å². The van der Waals surface area contributed by atoms with Gasteiger partial charge in [-0.2, -0.15) is 0 Å². The monoisotopic (exact) mass is 493 g/mol. The lowest BCUT2D eigenvalue weighted by Crippen LogP contribution is -2.19. The van der Waals surface area contributed by atoms with Crippen LogP contribution in [0.5, 0.6) is 0 Å². The van der Waals surface area contributed by atoms with Gasteiger partial charge in [-0.3, -0.25) is 4.79 Å². The number of aliphatic hydroxyl groups is 2. The largest absolute Gasteiger partial charge is 0.478 e. The summed E-state index contributed by atoms with van der Waals surface area (Å²) in [6.45, 7) is 0. The van der Waals surface area contributed by atoms with Crippen molar-refractivity contribution in [2.45, 2.75) is 6.29 Å². The molecule has 11 heteroatoms. The Bertz CT molecular complexity index is 1290. The Morgan fingerprint density at radius 1 is 0.848 bits per heavy atom. The van der Waals surface area contributed by atoms with Gasteiger partial charge in [0.2, 0.25) is 0 Å². The minimum absolute atomic E-state index is 0.199. The van der Waals surface area contributed by atoms with Gasteiger partial charge in [-0.15, -0.1) is 0 Å². The van der Waals surface area contributed by atoms with Crippen LogP contribution in [0.15, 0.2) is 48.5 Å². The number of nitrogens with one attached hydrogen (secondary N) is 1. The molecule has 0 fully saturated rings. The molecule has 33 heavy (non-hydrogen) atoms. The van der Waals surface area contributed by atoms with Crippen LogP contribution in [0.1, 0.15) is 42.9 Å². The van der Waals surface area contributed by atoms with E-state index in [1.807, 2.05) is 0 Å². The summed E-state index contributed by atoms with van der Waals surface area (Å²) in [5.41, 5.74) is -1.68. The number of carboxylic acid groups (broad SMARTS) is 2. The highest BCUT2D eigenvalue weighted by Crippen LogP contribution is 2.33. The molecule has 0 atom stereocenters. The van der Waals surface area contributed by atoms with Crippen molar-refractivity contribution in [2.75, 3.05) is 5.32 Å². The van der Waals surface area contributed by atoms with Crippen molar-refractivity contribution in [1.29, 1.82) is 0 Å². The smallest absolute Gasteiger partial charge is 0.338 e. The molecule has 0 aliphatic carbocycles. The summed E-state index contributed by atoms with van der Waals surface area (Å²) in [7, 11) is 0. The maximum Gasteiger partial charge on any atom is 0.338 e. The van der Waals surface area contributed by atoms with Gasteiger partial charge in [0.05, 0.1) is 16.8 Å². The minimum atomic E-state index is -2.30. The molecular formula is C22H14Cl2FNO7. The zero-order valence-electron chi connectivity index (χ0n) is 16.3. The van der Waals surface area contributed by atoms with Gasteiger partial charge in [0.25, 0.3) is 5.91 Å². The molecular weight excluding hydrogens is 480 g/mol. The molecule has 0 radical (unpaired) electrons. The number of carbonyl (C=O) groups excluding carboxylic acids is 1. The standard InChI is InChI=1S/C22H14Cl2FNO7/c23-10-2-4-11(16(24)6-10)9-1-3-12(20(28)29)18(5-9)26-19(27)13-7-15(22(32)33)17(25)8-14(13)21(30)31/h1-8,21,30-31H,(H,26,27)(H,28,29)(H,32,33). The number of aliphatic hydroxyl groups excluding tert-OH is 1. The lowest BCUT2D eigenvalue weighted by molar-refractivity contribution is -0.0431.